The smallest absolute Gasteiger partial charge is 0.120 e. The average Bonchev–Trinajstić information content (AvgIpc) is 1.59. The largest absolute Gasteiger partial charge is 0.413 e. The molecule has 0 unspecified atom stereocenters. The predicted octanol–water partition coefficient (Wildman–Crippen LogP) is 0.473. The normalized spacial score (nSPS) is 8.60. The first kappa shape index (κ1) is 9.98. The van der Waals surface area contributed by atoms with Crippen molar-refractivity contribution in [2.75, 3.05) is 5.73 Å². The number of aryl methyl sites for hydroxylation is 2. The van der Waals surface area contributed by atoms with Gasteiger partial charge in [0.15, 0.2) is 0 Å². The predicted molar refractivity (Wildman–Crippen MR) is 34.8 cm³/mol. The van der Waals surface area contributed by atoms with Gasteiger partial charge < -0.3 is 11.8 Å². The topological polar surface area (TPSA) is 51.8 Å². The first-order chi connectivity index (χ1) is 4.18. The van der Waals surface area contributed by atoms with Gasteiger partial charge in [0.2, 0.25) is 0 Å². The van der Waals surface area contributed by atoms with E-state index in [-0.39, 0.29) is 32.7 Å². The molecule has 0 aliphatic carbocycles. The van der Waals surface area contributed by atoms with Crippen LogP contribution in [0.2, 0.25) is 0 Å². The van der Waals surface area contributed by atoms with Crippen LogP contribution < -0.4 is 5.73 Å². The van der Waals surface area contributed by atoms with Crippen molar-refractivity contribution < 1.29 is 32.7 Å². The van der Waals surface area contributed by atoms with Crippen molar-refractivity contribution in [1.82, 2.24) is 9.97 Å². The van der Waals surface area contributed by atoms with E-state index in [1.165, 1.54) is 0 Å². The minimum absolute atomic E-state index is 0. The zero-order valence-corrected chi connectivity index (χ0v) is 8.89. The Morgan fingerprint density at radius 1 is 1.30 bits per heavy atom. The summed E-state index contributed by atoms with van der Waals surface area (Å²) in [7, 11) is 0. The van der Waals surface area contributed by atoms with Gasteiger partial charge in [-0.25, -0.2) is 0 Å². The Bertz CT molecular complexity index is 174. The van der Waals surface area contributed by atoms with E-state index in [4.69, 9.17) is 5.73 Å². The Kier molecular flexibility index (Phi) is 3.98. The number of hydrogen-bond donors (Lipinski definition) is 1. The molecule has 0 aliphatic rings. The number of hydrogen-bond acceptors (Lipinski definition) is 3. The van der Waals surface area contributed by atoms with Crippen LogP contribution in [0.1, 0.15) is 11.5 Å². The molecule has 2 N–H and O–H groups in total. The maximum absolute atomic E-state index is 5.35. The number of anilines is 1. The van der Waals surface area contributed by atoms with Crippen LogP contribution in [0.3, 0.4) is 0 Å². The number of rotatable bonds is 0. The third kappa shape index (κ3) is 2.71. The fourth-order valence-corrected chi connectivity index (χ4v) is 0.683. The van der Waals surface area contributed by atoms with Crippen molar-refractivity contribution in [3.63, 3.8) is 0 Å². The molecule has 0 saturated carbocycles. The Morgan fingerprint density at radius 3 is 2.30 bits per heavy atom. The quantitative estimate of drug-likeness (QED) is 0.634. The molecular weight excluding hydrogens is 203 g/mol. The standard InChI is InChI=1S/C6H8N3.Y/c1-4-3-6(7)9-5(2)8-4;/h1-2H3,(H2,7,8,9);/q-1;. The molecule has 0 bridgehead atoms. The van der Waals surface area contributed by atoms with Crippen molar-refractivity contribution >= 4 is 5.82 Å². The maximum Gasteiger partial charge on any atom is 0.120 e. The third-order valence-corrected chi connectivity index (χ3v) is 0.921. The van der Waals surface area contributed by atoms with Crippen molar-refractivity contribution in [1.29, 1.82) is 0 Å². The first-order valence-electron chi connectivity index (χ1n) is 2.68. The Labute approximate surface area is 85.3 Å². The van der Waals surface area contributed by atoms with Crippen LogP contribution in [0.25, 0.3) is 0 Å². The van der Waals surface area contributed by atoms with Crippen LogP contribution in [0.15, 0.2) is 0 Å². The fraction of sp³-hybridized carbons (Fsp3) is 0.333. The summed E-state index contributed by atoms with van der Waals surface area (Å²) >= 11 is 0. The van der Waals surface area contributed by atoms with E-state index in [2.05, 4.69) is 16.0 Å². The van der Waals surface area contributed by atoms with Crippen LogP contribution in [0.4, 0.5) is 5.82 Å². The van der Waals surface area contributed by atoms with Gasteiger partial charge in [-0.2, -0.15) is 0 Å². The zero-order valence-electron chi connectivity index (χ0n) is 6.05. The van der Waals surface area contributed by atoms with Gasteiger partial charge in [-0.1, -0.05) is 12.7 Å². The number of aromatic nitrogens is 2. The van der Waals surface area contributed by atoms with Gasteiger partial charge in [0.1, 0.15) is 5.82 Å². The first-order valence-corrected chi connectivity index (χ1v) is 2.68. The maximum atomic E-state index is 5.35. The van der Waals surface area contributed by atoms with E-state index in [1.807, 2.05) is 6.92 Å². The summed E-state index contributed by atoms with van der Waals surface area (Å²) in [5.74, 6) is 1.11. The molecule has 1 aromatic rings. The molecule has 3 nitrogen and oxygen atoms in total. The molecule has 0 amide bonds. The molecule has 0 fully saturated rings. The number of nitrogens with zero attached hydrogens (tertiary/aromatic N) is 2. The van der Waals surface area contributed by atoms with Crippen LogP contribution >= 0.6 is 0 Å². The molecule has 1 aromatic heterocycles. The third-order valence-electron chi connectivity index (χ3n) is 0.921. The van der Waals surface area contributed by atoms with E-state index >= 15 is 0 Å². The molecule has 51 valence electrons. The van der Waals surface area contributed by atoms with Crippen molar-refractivity contribution in [3.8, 4) is 0 Å². The summed E-state index contributed by atoms with van der Waals surface area (Å²) in [6.07, 6.45) is 0. The molecule has 10 heavy (non-hydrogen) atoms. The molecule has 0 spiro atoms. The second-order valence-corrected chi connectivity index (χ2v) is 1.87. The van der Waals surface area contributed by atoms with Crippen molar-refractivity contribution in [2.45, 2.75) is 13.8 Å². The van der Waals surface area contributed by atoms with Gasteiger partial charge in [-0.3, -0.25) is 9.97 Å². The Balaban J connectivity index is 0.000000810. The van der Waals surface area contributed by atoms with Crippen LogP contribution in [0, 0.1) is 19.9 Å². The second kappa shape index (κ2) is 3.99. The molecule has 1 rings (SSSR count). The molecule has 1 radical (unpaired) electrons. The molecule has 0 saturated heterocycles. The van der Waals surface area contributed by atoms with Crippen molar-refractivity contribution in [3.05, 3.63) is 17.6 Å². The molecule has 1 heterocycles. The Morgan fingerprint density at radius 2 is 1.90 bits per heavy atom. The second-order valence-electron chi connectivity index (χ2n) is 1.87. The zero-order chi connectivity index (χ0) is 6.85. The van der Waals surface area contributed by atoms with Gasteiger partial charge in [0.05, 0.1) is 0 Å². The van der Waals surface area contributed by atoms with Crippen LogP contribution in [-0.2, 0) is 32.7 Å². The van der Waals surface area contributed by atoms with Crippen molar-refractivity contribution in [2.24, 2.45) is 0 Å². The number of nitrogens with two attached hydrogens (primary N) is 1. The van der Waals surface area contributed by atoms with Crippen LogP contribution in [0.5, 0.6) is 0 Å². The van der Waals surface area contributed by atoms with E-state index in [9.17, 15) is 0 Å². The molecule has 0 aromatic carbocycles. The minimum atomic E-state index is 0. The molecule has 4 heteroatoms. The summed E-state index contributed by atoms with van der Waals surface area (Å²) < 4.78 is 0. The van der Waals surface area contributed by atoms with Gasteiger partial charge in [-0.05, 0) is 6.92 Å². The van der Waals surface area contributed by atoms with Gasteiger partial charge in [0, 0.05) is 32.7 Å². The van der Waals surface area contributed by atoms with Crippen LogP contribution in [-0.4, -0.2) is 9.97 Å². The molecule has 0 aliphatic heterocycles. The van der Waals surface area contributed by atoms with E-state index in [1.54, 1.807) is 6.92 Å². The Hall–Kier alpha value is -0.0161. The fourth-order valence-electron chi connectivity index (χ4n) is 0.683. The van der Waals surface area contributed by atoms with Gasteiger partial charge in [0.25, 0.3) is 0 Å². The molecule has 0 atom stereocenters. The van der Waals surface area contributed by atoms with E-state index in [0.717, 1.165) is 5.69 Å². The molecular formula is C6H8N3Y-. The summed E-state index contributed by atoms with van der Waals surface area (Å²) in [6.45, 7) is 3.64. The minimum Gasteiger partial charge on any atom is -0.413 e. The summed E-state index contributed by atoms with van der Waals surface area (Å²) in [4.78, 5) is 7.83. The number of nitrogen functional groups attached to an aromatic ring is 1. The summed E-state index contributed by atoms with van der Waals surface area (Å²) in [5.41, 5.74) is 6.14. The SMILES string of the molecule is Cc1[c-]c(N)nc(C)n1.[Y]. The van der Waals surface area contributed by atoms with E-state index in [0.29, 0.717) is 11.6 Å². The summed E-state index contributed by atoms with van der Waals surface area (Å²) in [6, 6.07) is 2.77. The summed E-state index contributed by atoms with van der Waals surface area (Å²) in [5, 5.41) is 0. The monoisotopic (exact) mass is 211 g/mol. The van der Waals surface area contributed by atoms with Gasteiger partial charge >= 0.3 is 0 Å². The average molecular weight is 211 g/mol. The van der Waals surface area contributed by atoms with Gasteiger partial charge in [-0.15, -0.1) is 5.69 Å². The van der Waals surface area contributed by atoms with E-state index < -0.39 is 0 Å².